The normalized spacial score (nSPS) is 10.7. The number of hydrogen-bond donors (Lipinski definition) is 1. The lowest BCUT2D eigenvalue weighted by atomic mass is 10.1. The van der Waals surface area contributed by atoms with Gasteiger partial charge < -0.3 is 8.83 Å². The summed E-state index contributed by atoms with van der Waals surface area (Å²) in [5, 5.41) is 10.2. The first-order chi connectivity index (χ1) is 11.1. The Morgan fingerprint density at radius 1 is 1.09 bits per heavy atom. The minimum atomic E-state index is -0.218. The second-order valence-electron chi connectivity index (χ2n) is 4.91. The van der Waals surface area contributed by atoms with E-state index >= 15 is 0 Å². The Balaban J connectivity index is 1.62. The number of amides is 1. The average molecular weight is 376 g/mol. The average Bonchev–Trinajstić information content (AvgIpc) is 3.17. The Hall–Kier alpha value is -2.41. The van der Waals surface area contributed by atoms with Crippen LogP contribution in [0.4, 0.5) is 6.01 Å². The number of halogens is 1. The largest absolute Gasteiger partial charge is 0.444 e. The van der Waals surface area contributed by atoms with Gasteiger partial charge in [-0.1, -0.05) is 36.3 Å². The first kappa shape index (κ1) is 15.5. The van der Waals surface area contributed by atoms with Gasteiger partial charge in [-0.25, -0.2) is 0 Å². The lowest BCUT2D eigenvalue weighted by Crippen LogP contribution is -2.14. The molecule has 0 radical (unpaired) electrons. The SMILES string of the molecule is CCc1ccc(CC(=O)Nc2nnc(-c3ccc(Br)o3)o2)cc1. The Bertz CT molecular complexity index is 808. The first-order valence-corrected chi connectivity index (χ1v) is 7.90. The number of aryl methyl sites for hydroxylation is 1. The van der Waals surface area contributed by atoms with Crippen molar-refractivity contribution < 1.29 is 13.6 Å². The summed E-state index contributed by atoms with van der Waals surface area (Å²) >= 11 is 3.20. The van der Waals surface area contributed by atoms with Crippen LogP contribution in [0.15, 0.2) is 49.9 Å². The van der Waals surface area contributed by atoms with Gasteiger partial charge in [-0.05, 0) is 45.6 Å². The monoisotopic (exact) mass is 375 g/mol. The summed E-state index contributed by atoms with van der Waals surface area (Å²) in [6, 6.07) is 11.4. The summed E-state index contributed by atoms with van der Waals surface area (Å²) in [6.45, 7) is 2.09. The van der Waals surface area contributed by atoms with Crippen LogP contribution in [0.25, 0.3) is 11.7 Å². The fourth-order valence-electron chi connectivity index (χ4n) is 2.04. The topological polar surface area (TPSA) is 81.2 Å². The standard InChI is InChI=1S/C16H14BrN3O3/c1-2-10-3-5-11(6-4-10)9-14(21)18-16-20-19-15(23-16)12-7-8-13(17)22-12/h3-8H,2,9H2,1H3,(H,18,20,21). The van der Waals surface area contributed by atoms with E-state index in [1.165, 1.54) is 5.56 Å². The molecular formula is C16H14BrN3O3. The smallest absolute Gasteiger partial charge is 0.322 e. The minimum Gasteiger partial charge on any atom is -0.444 e. The van der Waals surface area contributed by atoms with E-state index in [0.29, 0.717) is 10.4 Å². The van der Waals surface area contributed by atoms with Crippen LogP contribution in [-0.4, -0.2) is 16.1 Å². The molecule has 1 N–H and O–H groups in total. The zero-order valence-electron chi connectivity index (χ0n) is 12.4. The molecule has 3 rings (SSSR count). The predicted molar refractivity (Wildman–Crippen MR) is 87.9 cm³/mol. The number of nitrogens with zero attached hydrogens (tertiary/aromatic N) is 2. The number of furan rings is 1. The van der Waals surface area contributed by atoms with E-state index in [9.17, 15) is 4.79 Å². The number of carbonyl (C=O) groups is 1. The van der Waals surface area contributed by atoms with Gasteiger partial charge in [0.1, 0.15) is 0 Å². The number of anilines is 1. The molecule has 1 amide bonds. The molecule has 0 aliphatic heterocycles. The highest BCUT2D eigenvalue weighted by molar-refractivity contribution is 9.10. The molecule has 23 heavy (non-hydrogen) atoms. The summed E-state index contributed by atoms with van der Waals surface area (Å²) < 4.78 is 11.2. The van der Waals surface area contributed by atoms with Crippen molar-refractivity contribution in [2.75, 3.05) is 5.32 Å². The third kappa shape index (κ3) is 3.87. The minimum absolute atomic E-state index is 0.0442. The van der Waals surface area contributed by atoms with Gasteiger partial charge in [0.25, 0.3) is 5.89 Å². The lowest BCUT2D eigenvalue weighted by molar-refractivity contribution is -0.115. The molecule has 0 aliphatic carbocycles. The maximum absolute atomic E-state index is 12.0. The Kier molecular flexibility index (Phi) is 4.57. The molecule has 0 atom stereocenters. The van der Waals surface area contributed by atoms with Gasteiger partial charge in [-0.15, -0.1) is 5.10 Å². The van der Waals surface area contributed by atoms with Gasteiger partial charge in [0.05, 0.1) is 6.42 Å². The molecule has 0 bridgehead atoms. The van der Waals surface area contributed by atoms with Gasteiger partial charge in [0.15, 0.2) is 10.4 Å². The molecule has 2 aromatic heterocycles. The number of aromatic nitrogens is 2. The van der Waals surface area contributed by atoms with Crippen molar-refractivity contribution in [3.05, 3.63) is 52.2 Å². The quantitative estimate of drug-likeness (QED) is 0.732. The highest BCUT2D eigenvalue weighted by atomic mass is 79.9. The van der Waals surface area contributed by atoms with Crippen LogP contribution in [0.3, 0.4) is 0 Å². The molecule has 0 unspecified atom stereocenters. The summed E-state index contributed by atoms with van der Waals surface area (Å²) in [6.07, 6.45) is 1.22. The molecule has 0 saturated heterocycles. The number of nitrogens with one attached hydrogen (secondary N) is 1. The van der Waals surface area contributed by atoms with Crippen LogP contribution in [0.5, 0.6) is 0 Å². The zero-order valence-corrected chi connectivity index (χ0v) is 14.0. The fraction of sp³-hybridized carbons (Fsp3) is 0.188. The van der Waals surface area contributed by atoms with Gasteiger partial charge in [0, 0.05) is 0 Å². The van der Waals surface area contributed by atoms with Crippen LogP contribution in [0, 0.1) is 0 Å². The first-order valence-electron chi connectivity index (χ1n) is 7.11. The number of rotatable bonds is 5. The highest BCUT2D eigenvalue weighted by Crippen LogP contribution is 2.24. The van der Waals surface area contributed by atoms with Crippen molar-refractivity contribution in [1.29, 1.82) is 0 Å². The molecule has 0 fully saturated rings. The van der Waals surface area contributed by atoms with E-state index in [0.717, 1.165) is 12.0 Å². The van der Waals surface area contributed by atoms with Crippen molar-refractivity contribution in [3.8, 4) is 11.7 Å². The second-order valence-corrected chi connectivity index (χ2v) is 5.69. The van der Waals surface area contributed by atoms with Gasteiger partial charge >= 0.3 is 6.01 Å². The third-order valence-electron chi connectivity index (χ3n) is 3.25. The maximum Gasteiger partial charge on any atom is 0.322 e. The van der Waals surface area contributed by atoms with Gasteiger partial charge in [-0.3, -0.25) is 10.1 Å². The number of carbonyl (C=O) groups excluding carboxylic acids is 1. The van der Waals surface area contributed by atoms with E-state index in [1.54, 1.807) is 12.1 Å². The van der Waals surface area contributed by atoms with Crippen molar-refractivity contribution >= 4 is 27.9 Å². The zero-order chi connectivity index (χ0) is 16.2. The maximum atomic E-state index is 12.0. The molecule has 0 spiro atoms. The van der Waals surface area contributed by atoms with E-state index in [2.05, 4.69) is 38.4 Å². The Labute approximate surface area is 141 Å². The van der Waals surface area contributed by atoms with E-state index < -0.39 is 0 Å². The number of benzene rings is 1. The molecule has 2 heterocycles. The van der Waals surface area contributed by atoms with E-state index in [4.69, 9.17) is 8.83 Å². The molecule has 3 aromatic rings. The van der Waals surface area contributed by atoms with E-state index in [-0.39, 0.29) is 24.2 Å². The van der Waals surface area contributed by atoms with Crippen LogP contribution >= 0.6 is 15.9 Å². The van der Waals surface area contributed by atoms with Crippen molar-refractivity contribution in [3.63, 3.8) is 0 Å². The highest BCUT2D eigenvalue weighted by Gasteiger charge is 2.14. The van der Waals surface area contributed by atoms with Crippen LogP contribution in [0.2, 0.25) is 0 Å². The van der Waals surface area contributed by atoms with Crippen molar-refractivity contribution in [2.24, 2.45) is 0 Å². The van der Waals surface area contributed by atoms with Gasteiger partial charge in [0.2, 0.25) is 5.91 Å². The summed E-state index contributed by atoms with van der Waals surface area (Å²) in [5.74, 6) is 0.420. The van der Waals surface area contributed by atoms with Crippen LogP contribution < -0.4 is 5.32 Å². The molecular weight excluding hydrogens is 362 g/mol. The molecule has 6 nitrogen and oxygen atoms in total. The Morgan fingerprint density at radius 3 is 2.48 bits per heavy atom. The fourth-order valence-corrected chi connectivity index (χ4v) is 2.35. The summed E-state index contributed by atoms with van der Waals surface area (Å²) in [4.78, 5) is 12.0. The number of hydrogen-bond acceptors (Lipinski definition) is 5. The van der Waals surface area contributed by atoms with Crippen molar-refractivity contribution in [1.82, 2.24) is 10.2 Å². The van der Waals surface area contributed by atoms with Crippen LogP contribution in [-0.2, 0) is 17.6 Å². The molecule has 7 heteroatoms. The summed E-state index contributed by atoms with van der Waals surface area (Å²) in [5.41, 5.74) is 2.16. The van der Waals surface area contributed by atoms with E-state index in [1.807, 2.05) is 24.3 Å². The molecule has 0 aliphatic rings. The molecule has 118 valence electrons. The second kappa shape index (κ2) is 6.78. The summed E-state index contributed by atoms with van der Waals surface area (Å²) in [7, 11) is 0. The molecule has 0 saturated carbocycles. The lowest BCUT2D eigenvalue weighted by Gasteiger charge is -2.02. The third-order valence-corrected chi connectivity index (χ3v) is 3.68. The van der Waals surface area contributed by atoms with Crippen LogP contribution in [0.1, 0.15) is 18.1 Å². The Morgan fingerprint density at radius 2 is 1.83 bits per heavy atom. The predicted octanol–water partition coefficient (Wildman–Crippen LogP) is 3.84. The molecule has 1 aromatic carbocycles. The van der Waals surface area contributed by atoms with Gasteiger partial charge in [-0.2, -0.15) is 0 Å². The van der Waals surface area contributed by atoms with Crippen molar-refractivity contribution in [2.45, 2.75) is 19.8 Å².